The van der Waals surface area contributed by atoms with E-state index in [1.807, 2.05) is 10.8 Å². The minimum Gasteiger partial charge on any atom is -0.465 e. The Morgan fingerprint density at radius 1 is 1.13 bits per heavy atom. The van der Waals surface area contributed by atoms with E-state index < -0.39 is 11.9 Å². The van der Waals surface area contributed by atoms with Crippen LogP contribution >= 0.6 is 22.7 Å². The number of nitrogens with zero attached hydrogens (tertiary/aromatic N) is 4. The first-order chi connectivity index (χ1) is 14.4. The maximum Gasteiger partial charge on any atom is 0.433 e. The van der Waals surface area contributed by atoms with Crippen LogP contribution < -0.4 is 15.4 Å². The predicted molar refractivity (Wildman–Crippen MR) is 110 cm³/mol. The topological polar surface area (TPSA) is 84.3 Å². The Morgan fingerprint density at radius 2 is 1.93 bits per heavy atom. The van der Waals surface area contributed by atoms with E-state index in [1.165, 1.54) is 35.7 Å². The van der Waals surface area contributed by atoms with Crippen LogP contribution in [0.15, 0.2) is 27.9 Å². The molecule has 0 spiro atoms. The summed E-state index contributed by atoms with van der Waals surface area (Å²) < 4.78 is 43.8. The molecule has 7 nitrogen and oxygen atoms in total. The predicted octanol–water partition coefficient (Wildman–Crippen LogP) is 4.33. The second-order valence-electron chi connectivity index (χ2n) is 6.40. The molecule has 0 saturated carbocycles. The second-order valence-corrected chi connectivity index (χ2v) is 8.08. The second kappa shape index (κ2) is 8.56. The Balaban J connectivity index is 1.38. The Hall–Kier alpha value is -2.73. The first-order valence-corrected chi connectivity index (χ1v) is 10.8. The number of thiazole rings is 2. The summed E-state index contributed by atoms with van der Waals surface area (Å²) in [6, 6.07) is 2.33. The highest BCUT2D eigenvalue weighted by Gasteiger charge is 2.32. The van der Waals surface area contributed by atoms with Crippen molar-refractivity contribution >= 4 is 33.8 Å². The van der Waals surface area contributed by atoms with Crippen molar-refractivity contribution in [3.05, 3.63) is 39.8 Å². The van der Waals surface area contributed by atoms with Crippen LogP contribution in [0.5, 0.6) is 5.19 Å². The highest BCUT2D eigenvalue weighted by Crippen LogP contribution is 2.31. The van der Waals surface area contributed by atoms with Gasteiger partial charge in [0.15, 0.2) is 11.1 Å². The van der Waals surface area contributed by atoms with Crippen LogP contribution in [0.2, 0.25) is 0 Å². The number of anilines is 1. The molecule has 2 N–H and O–H groups in total. The zero-order chi connectivity index (χ0) is 21.1. The van der Waals surface area contributed by atoms with Gasteiger partial charge in [-0.2, -0.15) is 13.2 Å². The minimum atomic E-state index is -4.46. The fourth-order valence-corrected chi connectivity index (χ4v) is 4.01. The Labute approximate surface area is 178 Å². The molecule has 0 saturated heterocycles. The van der Waals surface area contributed by atoms with Gasteiger partial charge in [-0.3, -0.25) is 4.99 Å². The average Bonchev–Trinajstić information content (AvgIpc) is 3.36. The number of alkyl halides is 3. The highest BCUT2D eigenvalue weighted by atomic mass is 32.1. The van der Waals surface area contributed by atoms with Crippen LogP contribution in [0.3, 0.4) is 0 Å². The molecule has 3 aromatic rings. The van der Waals surface area contributed by atoms with E-state index in [1.54, 1.807) is 0 Å². The lowest BCUT2D eigenvalue weighted by Gasteiger charge is -2.13. The molecule has 12 heteroatoms. The Bertz CT molecular complexity index is 1060. The number of guanidine groups is 1. The maximum absolute atomic E-state index is 12.7. The van der Waals surface area contributed by atoms with Gasteiger partial charge in [0, 0.05) is 35.1 Å². The third kappa shape index (κ3) is 4.87. The lowest BCUT2D eigenvalue weighted by molar-refractivity contribution is -0.141. The highest BCUT2D eigenvalue weighted by molar-refractivity contribution is 7.14. The number of rotatable bonds is 5. The molecule has 158 valence electrons. The summed E-state index contributed by atoms with van der Waals surface area (Å²) in [6.07, 6.45) is -3.45. The van der Waals surface area contributed by atoms with E-state index in [9.17, 15) is 13.2 Å². The summed E-state index contributed by atoms with van der Waals surface area (Å²) in [7, 11) is 0. The van der Waals surface area contributed by atoms with Gasteiger partial charge in [-0.15, -0.1) is 11.3 Å². The number of aryl methyl sites for hydroxylation is 1. The first-order valence-electron chi connectivity index (χ1n) is 9.02. The smallest absolute Gasteiger partial charge is 0.433 e. The largest absolute Gasteiger partial charge is 0.465 e. The average molecular weight is 455 g/mol. The molecule has 0 fully saturated rings. The molecule has 30 heavy (non-hydrogen) atoms. The molecule has 1 aliphatic heterocycles. The molecule has 4 heterocycles. The Morgan fingerprint density at radius 3 is 2.67 bits per heavy atom. The number of hydrogen-bond donors (Lipinski definition) is 2. The number of halogens is 3. The van der Waals surface area contributed by atoms with Gasteiger partial charge in [0.1, 0.15) is 23.7 Å². The molecule has 0 radical (unpaired) electrons. The van der Waals surface area contributed by atoms with E-state index in [2.05, 4.69) is 30.6 Å². The molecular formula is C18H17F3N6OS2. The number of pyridine rings is 1. The number of aliphatic imine (C=N–C) groups is 1. The van der Waals surface area contributed by atoms with Crippen molar-refractivity contribution in [1.82, 2.24) is 20.3 Å². The van der Waals surface area contributed by atoms with Crippen molar-refractivity contribution in [3.63, 3.8) is 0 Å². The minimum absolute atomic E-state index is 0.0826. The summed E-state index contributed by atoms with van der Waals surface area (Å²) in [5.41, 5.74) is 1.30. The summed E-state index contributed by atoms with van der Waals surface area (Å²) in [4.78, 5) is 16.9. The van der Waals surface area contributed by atoms with E-state index >= 15 is 0 Å². The standard InChI is InChI=1S/C18H17F3N6OS2/c1-10-11(3-4-14(24-10)18(19,20)21)7-28-17-26-13(9-30-17)12-8-29-16(25-12)27-15-22-5-2-6-23-15/h3-4,8-9H,2,5-7H2,1H3,(H2,22,23,25,27). The van der Waals surface area contributed by atoms with Crippen LogP contribution in [-0.4, -0.2) is 34.0 Å². The third-order valence-electron chi connectivity index (χ3n) is 4.21. The zero-order valence-electron chi connectivity index (χ0n) is 15.8. The van der Waals surface area contributed by atoms with Crippen LogP contribution in [0, 0.1) is 6.92 Å². The van der Waals surface area contributed by atoms with Gasteiger partial charge in [0.2, 0.25) is 0 Å². The van der Waals surface area contributed by atoms with E-state index in [-0.39, 0.29) is 12.3 Å². The third-order valence-corrected chi connectivity index (χ3v) is 5.72. The molecule has 0 unspecified atom stereocenters. The molecule has 3 aromatic heterocycles. The van der Waals surface area contributed by atoms with Gasteiger partial charge in [-0.1, -0.05) is 17.4 Å². The summed E-state index contributed by atoms with van der Waals surface area (Å²) in [6.45, 7) is 3.27. The SMILES string of the molecule is Cc1nc(C(F)(F)F)ccc1COc1nc(-c2csc(NC3=NCCCN3)n2)cs1. The van der Waals surface area contributed by atoms with E-state index in [0.717, 1.165) is 25.6 Å². The lowest BCUT2D eigenvalue weighted by atomic mass is 10.2. The van der Waals surface area contributed by atoms with Crippen LogP contribution in [0.4, 0.5) is 18.3 Å². The van der Waals surface area contributed by atoms with E-state index in [0.29, 0.717) is 33.2 Å². The van der Waals surface area contributed by atoms with Crippen molar-refractivity contribution < 1.29 is 17.9 Å². The van der Waals surface area contributed by atoms with Gasteiger partial charge in [-0.25, -0.2) is 15.0 Å². The fourth-order valence-electron chi connectivity index (χ4n) is 2.65. The van der Waals surface area contributed by atoms with Crippen molar-refractivity contribution in [2.24, 2.45) is 4.99 Å². The molecule has 4 rings (SSSR count). The number of ether oxygens (including phenoxy) is 1. The maximum atomic E-state index is 12.7. The summed E-state index contributed by atoms with van der Waals surface area (Å²) in [5, 5.41) is 11.1. The number of aromatic nitrogens is 3. The van der Waals surface area contributed by atoms with Crippen LogP contribution in [0.25, 0.3) is 11.4 Å². The monoisotopic (exact) mass is 454 g/mol. The normalized spacial score (nSPS) is 14.2. The van der Waals surface area contributed by atoms with Crippen LogP contribution in [-0.2, 0) is 12.8 Å². The van der Waals surface area contributed by atoms with E-state index in [4.69, 9.17) is 4.74 Å². The summed E-state index contributed by atoms with van der Waals surface area (Å²) >= 11 is 2.74. The first kappa shape index (κ1) is 20.5. The van der Waals surface area contributed by atoms with Gasteiger partial charge >= 0.3 is 6.18 Å². The van der Waals surface area contributed by atoms with Crippen molar-refractivity contribution in [3.8, 4) is 16.6 Å². The molecule has 0 bridgehead atoms. The van der Waals surface area contributed by atoms with Gasteiger partial charge in [0.25, 0.3) is 5.19 Å². The van der Waals surface area contributed by atoms with Crippen LogP contribution in [0.1, 0.15) is 23.4 Å². The van der Waals surface area contributed by atoms with Gasteiger partial charge in [-0.05, 0) is 19.4 Å². The summed E-state index contributed by atoms with van der Waals surface area (Å²) in [5.74, 6) is 0.713. The van der Waals surface area contributed by atoms with Crippen molar-refractivity contribution in [1.29, 1.82) is 0 Å². The fraction of sp³-hybridized carbons (Fsp3) is 0.333. The molecular weight excluding hydrogens is 437 g/mol. The van der Waals surface area contributed by atoms with Crippen molar-refractivity contribution in [2.45, 2.75) is 26.1 Å². The van der Waals surface area contributed by atoms with Gasteiger partial charge in [0.05, 0.1) is 0 Å². The number of nitrogens with one attached hydrogen (secondary N) is 2. The number of hydrogen-bond acceptors (Lipinski definition) is 9. The molecule has 0 amide bonds. The molecule has 1 aliphatic rings. The zero-order valence-corrected chi connectivity index (χ0v) is 17.4. The molecule has 0 aliphatic carbocycles. The molecule has 0 atom stereocenters. The van der Waals surface area contributed by atoms with Gasteiger partial charge < -0.3 is 15.4 Å². The lowest BCUT2D eigenvalue weighted by Crippen LogP contribution is -2.35. The quantitative estimate of drug-likeness (QED) is 0.597. The van der Waals surface area contributed by atoms with Crippen molar-refractivity contribution in [2.75, 3.05) is 18.4 Å². The Kier molecular flexibility index (Phi) is 5.86. The molecule has 0 aromatic carbocycles.